The van der Waals surface area contributed by atoms with Gasteiger partial charge in [-0.15, -0.1) is 0 Å². The lowest BCUT2D eigenvalue weighted by Crippen LogP contribution is -1.98. The number of hydrogen-bond acceptors (Lipinski definition) is 4. The molecule has 1 aromatic heterocycles. The van der Waals surface area contributed by atoms with Crippen molar-refractivity contribution in [3.63, 3.8) is 0 Å². The van der Waals surface area contributed by atoms with Crippen LogP contribution in [0.25, 0.3) is 0 Å². The van der Waals surface area contributed by atoms with E-state index in [4.69, 9.17) is 11.0 Å². The average Bonchev–Trinajstić information content (AvgIpc) is 2.31. The average molecular weight is 228 g/mol. The van der Waals surface area contributed by atoms with Crippen molar-refractivity contribution in [2.45, 2.75) is 0 Å². The van der Waals surface area contributed by atoms with Crippen LogP contribution in [0, 0.1) is 17.1 Å². The molecule has 1 heterocycles. The highest BCUT2D eigenvalue weighted by Crippen LogP contribution is 2.20. The molecule has 0 saturated carbocycles. The van der Waals surface area contributed by atoms with Gasteiger partial charge < -0.3 is 11.1 Å². The lowest BCUT2D eigenvalue weighted by Gasteiger charge is -2.07. The van der Waals surface area contributed by atoms with Gasteiger partial charge in [0.25, 0.3) is 0 Å². The molecule has 4 nitrogen and oxygen atoms in total. The second-order valence-corrected chi connectivity index (χ2v) is 3.41. The normalized spacial score (nSPS) is 9.65. The number of halogens is 1. The maximum atomic E-state index is 13.0. The fourth-order valence-electron chi connectivity index (χ4n) is 1.37. The van der Waals surface area contributed by atoms with Crippen LogP contribution in [0.3, 0.4) is 0 Å². The number of nitrogens with one attached hydrogen (secondary N) is 1. The van der Waals surface area contributed by atoms with Crippen LogP contribution in [0.4, 0.5) is 21.6 Å². The van der Waals surface area contributed by atoms with E-state index in [1.807, 2.05) is 6.07 Å². The van der Waals surface area contributed by atoms with Crippen LogP contribution in [0.5, 0.6) is 0 Å². The molecule has 0 fully saturated rings. The quantitative estimate of drug-likeness (QED) is 0.827. The van der Waals surface area contributed by atoms with E-state index in [1.54, 1.807) is 12.1 Å². The maximum absolute atomic E-state index is 13.0. The predicted octanol–water partition coefficient (Wildman–Crippen LogP) is 2.42. The fourth-order valence-corrected chi connectivity index (χ4v) is 1.37. The van der Waals surface area contributed by atoms with Crippen LogP contribution >= 0.6 is 0 Å². The van der Waals surface area contributed by atoms with E-state index in [1.165, 1.54) is 24.4 Å². The summed E-state index contributed by atoms with van der Waals surface area (Å²) in [5.74, 6) is -0.00347. The molecule has 84 valence electrons. The lowest BCUT2D eigenvalue weighted by molar-refractivity contribution is 0.628. The molecule has 0 saturated heterocycles. The number of anilines is 3. The summed E-state index contributed by atoms with van der Waals surface area (Å²) in [6.45, 7) is 0. The summed E-state index contributed by atoms with van der Waals surface area (Å²) in [6, 6.07) is 9.39. The standard InChI is InChI=1S/C12H9FN4/c13-9-2-1-3-11(5-9)17-12-8(6-14)4-10(15)7-16-12/h1-5,7H,15H2,(H,16,17). The Morgan fingerprint density at radius 1 is 1.35 bits per heavy atom. The molecule has 0 spiro atoms. The number of nitrogens with zero attached hydrogens (tertiary/aromatic N) is 2. The zero-order chi connectivity index (χ0) is 12.3. The van der Waals surface area contributed by atoms with Gasteiger partial charge in [-0.2, -0.15) is 5.26 Å². The van der Waals surface area contributed by atoms with E-state index < -0.39 is 0 Å². The summed E-state index contributed by atoms with van der Waals surface area (Å²) in [5.41, 5.74) is 6.77. The summed E-state index contributed by atoms with van der Waals surface area (Å²) in [6.07, 6.45) is 1.43. The molecule has 3 N–H and O–H groups in total. The molecule has 1 aromatic carbocycles. The Balaban J connectivity index is 2.34. The summed E-state index contributed by atoms with van der Waals surface area (Å²) >= 11 is 0. The van der Waals surface area contributed by atoms with Crippen LogP contribution < -0.4 is 11.1 Å². The minimum atomic E-state index is -0.357. The van der Waals surface area contributed by atoms with Crippen molar-refractivity contribution >= 4 is 17.2 Å². The molecule has 17 heavy (non-hydrogen) atoms. The van der Waals surface area contributed by atoms with Gasteiger partial charge in [0.15, 0.2) is 0 Å². The van der Waals surface area contributed by atoms with Gasteiger partial charge in [-0.05, 0) is 24.3 Å². The molecular formula is C12H9FN4. The van der Waals surface area contributed by atoms with E-state index >= 15 is 0 Å². The van der Waals surface area contributed by atoms with E-state index in [-0.39, 0.29) is 5.82 Å². The summed E-state index contributed by atoms with van der Waals surface area (Å²) in [7, 11) is 0. The monoisotopic (exact) mass is 228 g/mol. The van der Waals surface area contributed by atoms with Crippen molar-refractivity contribution in [3.05, 3.63) is 47.9 Å². The molecule has 0 aliphatic carbocycles. The number of aromatic nitrogens is 1. The first kappa shape index (κ1) is 10.9. The molecule has 2 aromatic rings. The Morgan fingerprint density at radius 2 is 2.18 bits per heavy atom. The van der Waals surface area contributed by atoms with Gasteiger partial charge in [0.2, 0.25) is 0 Å². The van der Waals surface area contributed by atoms with Crippen LogP contribution in [-0.2, 0) is 0 Å². The molecule has 0 bridgehead atoms. The predicted molar refractivity (Wildman–Crippen MR) is 63.0 cm³/mol. The van der Waals surface area contributed by atoms with Gasteiger partial charge in [0.05, 0.1) is 17.4 Å². The minimum Gasteiger partial charge on any atom is -0.397 e. The second-order valence-electron chi connectivity index (χ2n) is 3.41. The molecule has 5 heteroatoms. The number of hydrogen-bond donors (Lipinski definition) is 2. The third kappa shape index (κ3) is 2.49. The van der Waals surface area contributed by atoms with Gasteiger partial charge >= 0.3 is 0 Å². The molecule has 0 atom stereocenters. The molecule has 0 aliphatic heterocycles. The largest absolute Gasteiger partial charge is 0.397 e. The van der Waals surface area contributed by atoms with Gasteiger partial charge in [-0.25, -0.2) is 9.37 Å². The number of nitrogens with two attached hydrogens (primary N) is 1. The Morgan fingerprint density at radius 3 is 2.88 bits per heavy atom. The number of benzene rings is 1. The molecule has 0 radical (unpaired) electrons. The van der Waals surface area contributed by atoms with E-state index in [9.17, 15) is 4.39 Å². The van der Waals surface area contributed by atoms with Gasteiger partial charge in [0.1, 0.15) is 17.7 Å². The van der Waals surface area contributed by atoms with Crippen molar-refractivity contribution in [1.82, 2.24) is 4.98 Å². The van der Waals surface area contributed by atoms with Crippen molar-refractivity contribution in [3.8, 4) is 6.07 Å². The zero-order valence-electron chi connectivity index (χ0n) is 8.81. The Kier molecular flexibility index (Phi) is 2.88. The lowest BCUT2D eigenvalue weighted by atomic mass is 10.2. The number of pyridine rings is 1. The topological polar surface area (TPSA) is 74.7 Å². The highest BCUT2D eigenvalue weighted by Gasteiger charge is 2.04. The smallest absolute Gasteiger partial charge is 0.148 e. The second kappa shape index (κ2) is 4.49. The first-order valence-corrected chi connectivity index (χ1v) is 4.87. The summed E-state index contributed by atoms with van der Waals surface area (Å²) in [4.78, 5) is 3.99. The summed E-state index contributed by atoms with van der Waals surface area (Å²) < 4.78 is 13.0. The van der Waals surface area contributed by atoms with E-state index in [2.05, 4.69) is 10.3 Å². The van der Waals surface area contributed by atoms with Gasteiger partial charge in [-0.1, -0.05) is 6.07 Å². The highest BCUT2D eigenvalue weighted by molar-refractivity contribution is 5.64. The van der Waals surface area contributed by atoms with Gasteiger partial charge in [-0.3, -0.25) is 0 Å². The molecule has 0 unspecified atom stereocenters. The van der Waals surface area contributed by atoms with Crippen LogP contribution in [-0.4, -0.2) is 4.98 Å². The van der Waals surface area contributed by atoms with Crippen LogP contribution in [0.1, 0.15) is 5.56 Å². The van der Waals surface area contributed by atoms with Crippen LogP contribution in [0.15, 0.2) is 36.5 Å². The third-order valence-corrected chi connectivity index (χ3v) is 2.12. The first-order valence-electron chi connectivity index (χ1n) is 4.87. The summed E-state index contributed by atoms with van der Waals surface area (Å²) in [5, 5.41) is 11.8. The Bertz CT molecular complexity index is 589. The Hall–Kier alpha value is -2.61. The van der Waals surface area contributed by atoms with Crippen LogP contribution in [0.2, 0.25) is 0 Å². The van der Waals surface area contributed by atoms with E-state index in [0.29, 0.717) is 22.8 Å². The fraction of sp³-hybridized carbons (Fsp3) is 0. The maximum Gasteiger partial charge on any atom is 0.148 e. The minimum absolute atomic E-state index is 0.314. The van der Waals surface area contributed by atoms with Crippen molar-refractivity contribution in [2.75, 3.05) is 11.1 Å². The van der Waals surface area contributed by atoms with Crippen molar-refractivity contribution in [1.29, 1.82) is 5.26 Å². The Labute approximate surface area is 97.5 Å². The molecule has 0 aliphatic rings. The third-order valence-electron chi connectivity index (χ3n) is 2.12. The van der Waals surface area contributed by atoms with Gasteiger partial charge in [0, 0.05) is 5.69 Å². The number of nitriles is 1. The zero-order valence-corrected chi connectivity index (χ0v) is 8.81. The molecule has 2 rings (SSSR count). The number of nitrogen functional groups attached to an aromatic ring is 1. The number of rotatable bonds is 2. The highest BCUT2D eigenvalue weighted by atomic mass is 19.1. The molecule has 0 amide bonds. The molecular weight excluding hydrogens is 219 g/mol. The van der Waals surface area contributed by atoms with Crippen molar-refractivity contribution < 1.29 is 4.39 Å². The first-order chi connectivity index (χ1) is 8.19. The van der Waals surface area contributed by atoms with E-state index in [0.717, 1.165) is 0 Å². The SMILES string of the molecule is N#Cc1cc(N)cnc1Nc1cccc(F)c1. The van der Waals surface area contributed by atoms with Crippen molar-refractivity contribution in [2.24, 2.45) is 0 Å².